The molecule has 0 saturated carbocycles. The summed E-state index contributed by atoms with van der Waals surface area (Å²) in [5.74, 6) is 1.88. The highest BCUT2D eigenvalue weighted by molar-refractivity contribution is 5.99. The molecule has 0 spiro atoms. The minimum Gasteiger partial charge on any atom is -0.256 e. The van der Waals surface area contributed by atoms with Crippen molar-refractivity contribution in [3.63, 3.8) is 0 Å². The van der Waals surface area contributed by atoms with Crippen LogP contribution in [0.15, 0.2) is 176 Å². The molecule has 0 unspecified atom stereocenters. The standard InChI is InChI=1S/C47H29N5/c1-2-6-35-28-42-29-41(18-17-38(42)25-34(35)5-1)47-51-45(32-13-9-30(10-14-32)36-19-21-43-39(26-36)7-3-23-48-43)50-46(52-47)33-15-11-31(12-16-33)37-20-22-44-40(27-37)8-4-24-49-44/h1-29H. The molecule has 3 heterocycles. The Labute approximate surface area is 300 Å². The molecule has 5 nitrogen and oxygen atoms in total. The van der Waals surface area contributed by atoms with Gasteiger partial charge in [-0.1, -0.05) is 109 Å². The Morgan fingerprint density at radius 2 is 0.635 bits per heavy atom. The summed E-state index contributed by atoms with van der Waals surface area (Å²) in [6.45, 7) is 0. The van der Waals surface area contributed by atoms with Crippen LogP contribution in [0.25, 0.3) is 99.8 Å². The average molecular weight is 664 g/mol. The van der Waals surface area contributed by atoms with Crippen LogP contribution in [0, 0.1) is 0 Å². The van der Waals surface area contributed by atoms with E-state index in [4.69, 9.17) is 15.0 Å². The summed E-state index contributed by atoms with van der Waals surface area (Å²) in [5.41, 5.74) is 9.25. The monoisotopic (exact) mass is 663 g/mol. The minimum atomic E-state index is 0.624. The predicted molar refractivity (Wildman–Crippen MR) is 213 cm³/mol. The molecule has 0 radical (unpaired) electrons. The third-order valence-corrected chi connectivity index (χ3v) is 9.76. The van der Waals surface area contributed by atoms with Gasteiger partial charge < -0.3 is 0 Å². The zero-order chi connectivity index (χ0) is 34.4. The van der Waals surface area contributed by atoms with Gasteiger partial charge in [-0.25, -0.2) is 15.0 Å². The van der Waals surface area contributed by atoms with Crippen LogP contribution in [0.5, 0.6) is 0 Å². The Kier molecular flexibility index (Phi) is 7.07. The quantitative estimate of drug-likeness (QED) is 0.171. The van der Waals surface area contributed by atoms with Gasteiger partial charge in [0.2, 0.25) is 0 Å². The molecule has 0 bridgehead atoms. The average Bonchev–Trinajstić information content (AvgIpc) is 3.22. The van der Waals surface area contributed by atoms with Gasteiger partial charge in [0.1, 0.15) is 0 Å². The highest BCUT2D eigenvalue weighted by atomic mass is 15.0. The minimum absolute atomic E-state index is 0.624. The fraction of sp³-hybridized carbons (Fsp3) is 0. The second-order valence-corrected chi connectivity index (χ2v) is 13.0. The van der Waals surface area contributed by atoms with Gasteiger partial charge in [-0.15, -0.1) is 0 Å². The van der Waals surface area contributed by atoms with Crippen LogP contribution in [-0.2, 0) is 0 Å². The fourth-order valence-corrected chi connectivity index (χ4v) is 6.98. The Morgan fingerprint density at radius 3 is 1.17 bits per heavy atom. The summed E-state index contributed by atoms with van der Waals surface area (Å²) >= 11 is 0. The number of rotatable bonds is 5. The normalized spacial score (nSPS) is 11.5. The summed E-state index contributed by atoms with van der Waals surface area (Å²) in [7, 11) is 0. The molecule has 0 N–H and O–H groups in total. The molecule has 10 rings (SSSR count). The first-order valence-electron chi connectivity index (χ1n) is 17.3. The van der Waals surface area contributed by atoms with E-state index < -0.39 is 0 Å². The maximum Gasteiger partial charge on any atom is 0.164 e. The van der Waals surface area contributed by atoms with Crippen molar-refractivity contribution < 1.29 is 0 Å². The van der Waals surface area contributed by atoms with Gasteiger partial charge in [0.05, 0.1) is 11.0 Å². The van der Waals surface area contributed by atoms with Crippen molar-refractivity contribution in [3.05, 3.63) is 176 Å². The molecule has 242 valence electrons. The molecule has 3 aromatic heterocycles. The van der Waals surface area contributed by atoms with E-state index in [-0.39, 0.29) is 0 Å². The van der Waals surface area contributed by atoms with Crippen LogP contribution >= 0.6 is 0 Å². The summed E-state index contributed by atoms with van der Waals surface area (Å²) in [5, 5.41) is 6.97. The molecule has 0 saturated heterocycles. The molecule has 7 aromatic carbocycles. The lowest BCUT2D eigenvalue weighted by Crippen LogP contribution is -2.00. The third kappa shape index (κ3) is 5.51. The van der Waals surface area contributed by atoms with Gasteiger partial charge in [0.15, 0.2) is 17.5 Å². The van der Waals surface area contributed by atoms with E-state index in [2.05, 4.69) is 162 Å². The Bertz CT molecular complexity index is 2810. The van der Waals surface area contributed by atoms with Crippen molar-refractivity contribution in [1.82, 2.24) is 24.9 Å². The number of hydrogen-bond acceptors (Lipinski definition) is 5. The van der Waals surface area contributed by atoms with E-state index in [0.29, 0.717) is 17.5 Å². The Morgan fingerprint density at radius 1 is 0.250 bits per heavy atom. The van der Waals surface area contributed by atoms with E-state index in [1.165, 1.54) is 16.2 Å². The van der Waals surface area contributed by atoms with E-state index in [0.717, 1.165) is 66.1 Å². The third-order valence-electron chi connectivity index (χ3n) is 9.76. The van der Waals surface area contributed by atoms with Crippen molar-refractivity contribution in [2.45, 2.75) is 0 Å². The first-order valence-corrected chi connectivity index (χ1v) is 17.3. The first-order chi connectivity index (χ1) is 25.7. The summed E-state index contributed by atoms with van der Waals surface area (Å²) in [6, 6.07) is 57.1. The molecule has 0 amide bonds. The van der Waals surface area contributed by atoms with Gasteiger partial charge in [-0.2, -0.15) is 0 Å². The second kappa shape index (κ2) is 12.3. The number of benzene rings is 7. The lowest BCUT2D eigenvalue weighted by atomic mass is 10.0. The smallest absolute Gasteiger partial charge is 0.164 e. The predicted octanol–water partition coefficient (Wildman–Crippen LogP) is 11.6. The van der Waals surface area contributed by atoms with Crippen LogP contribution in [0.3, 0.4) is 0 Å². The maximum atomic E-state index is 5.07. The number of aromatic nitrogens is 5. The van der Waals surface area contributed by atoms with E-state index >= 15 is 0 Å². The van der Waals surface area contributed by atoms with Crippen molar-refractivity contribution in [2.24, 2.45) is 0 Å². The van der Waals surface area contributed by atoms with Gasteiger partial charge in [-0.3, -0.25) is 9.97 Å². The first kappa shape index (κ1) is 29.8. The summed E-state index contributed by atoms with van der Waals surface area (Å²) in [6.07, 6.45) is 3.65. The molecule has 10 aromatic rings. The van der Waals surface area contributed by atoms with Gasteiger partial charge in [0.25, 0.3) is 0 Å². The number of fused-ring (bicyclic) bond motifs is 4. The zero-order valence-electron chi connectivity index (χ0n) is 28.0. The SMILES string of the molecule is c1ccc2cc3cc(-c4nc(-c5ccc(-c6ccc7ncccc7c6)cc5)nc(-c5ccc(-c6ccc7ncccc7c6)cc5)n4)ccc3cc2c1. The Hall–Kier alpha value is -7.11. The molecule has 5 heteroatoms. The van der Waals surface area contributed by atoms with Gasteiger partial charge >= 0.3 is 0 Å². The number of pyridine rings is 2. The maximum absolute atomic E-state index is 5.07. The van der Waals surface area contributed by atoms with Crippen molar-refractivity contribution >= 4 is 43.4 Å². The lowest BCUT2D eigenvalue weighted by molar-refractivity contribution is 1.07. The topological polar surface area (TPSA) is 64.5 Å². The van der Waals surface area contributed by atoms with Crippen LogP contribution in [0.1, 0.15) is 0 Å². The van der Waals surface area contributed by atoms with Crippen molar-refractivity contribution in [3.8, 4) is 56.4 Å². The van der Waals surface area contributed by atoms with E-state index in [1.54, 1.807) is 0 Å². The van der Waals surface area contributed by atoms with Crippen LogP contribution in [-0.4, -0.2) is 24.9 Å². The zero-order valence-corrected chi connectivity index (χ0v) is 28.0. The van der Waals surface area contributed by atoms with Crippen molar-refractivity contribution in [2.75, 3.05) is 0 Å². The molecule has 0 aliphatic carbocycles. The highest BCUT2D eigenvalue weighted by Gasteiger charge is 2.14. The second-order valence-electron chi connectivity index (χ2n) is 13.0. The van der Waals surface area contributed by atoms with Gasteiger partial charge in [0, 0.05) is 39.9 Å². The summed E-state index contributed by atoms with van der Waals surface area (Å²) < 4.78 is 0. The molecular weight excluding hydrogens is 635 g/mol. The molecular formula is C47H29N5. The number of nitrogens with zero attached hydrogens (tertiary/aromatic N) is 5. The molecule has 0 aliphatic rings. The Balaban J connectivity index is 1.06. The van der Waals surface area contributed by atoms with E-state index in [1.807, 2.05) is 24.5 Å². The summed E-state index contributed by atoms with van der Waals surface area (Å²) in [4.78, 5) is 24.1. The van der Waals surface area contributed by atoms with E-state index in [9.17, 15) is 0 Å². The molecule has 0 aliphatic heterocycles. The molecule has 0 atom stereocenters. The fourth-order valence-electron chi connectivity index (χ4n) is 6.98. The molecule has 52 heavy (non-hydrogen) atoms. The van der Waals surface area contributed by atoms with Crippen LogP contribution < -0.4 is 0 Å². The van der Waals surface area contributed by atoms with Crippen LogP contribution in [0.2, 0.25) is 0 Å². The largest absolute Gasteiger partial charge is 0.256 e. The van der Waals surface area contributed by atoms with Gasteiger partial charge in [-0.05, 0) is 98.4 Å². The van der Waals surface area contributed by atoms with Crippen LogP contribution in [0.4, 0.5) is 0 Å². The van der Waals surface area contributed by atoms with Crippen molar-refractivity contribution in [1.29, 1.82) is 0 Å². The lowest BCUT2D eigenvalue weighted by Gasteiger charge is -2.11. The highest BCUT2D eigenvalue weighted by Crippen LogP contribution is 2.32. The molecule has 0 fully saturated rings. The number of hydrogen-bond donors (Lipinski definition) is 0.